The number of fused-ring (bicyclic) bond motifs is 1. The van der Waals surface area contributed by atoms with Crippen molar-refractivity contribution in [1.29, 1.82) is 0 Å². The monoisotopic (exact) mass is 659 g/mol. The number of thioether (sulfide) groups is 1. The molecule has 47 heavy (non-hydrogen) atoms. The van der Waals surface area contributed by atoms with Crippen LogP contribution in [0.2, 0.25) is 0 Å². The molecular weight excluding hydrogens is 627 g/mol. The minimum atomic E-state index is -0.532. The molecular formula is C38H33N3O4S2. The van der Waals surface area contributed by atoms with Crippen LogP contribution in [0.3, 0.4) is 0 Å². The van der Waals surface area contributed by atoms with Gasteiger partial charge in [-0.25, -0.2) is 4.98 Å². The van der Waals surface area contributed by atoms with Crippen LogP contribution in [0.5, 0.6) is 0 Å². The van der Waals surface area contributed by atoms with Gasteiger partial charge in [-0.1, -0.05) is 90.6 Å². The topological polar surface area (TPSA) is 93.6 Å². The molecule has 0 unspecified atom stereocenters. The largest absolute Gasteiger partial charge is 0.392 e. The van der Waals surface area contributed by atoms with Gasteiger partial charge in [0.05, 0.1) is 34.6 Å². The number of aromatic nitrogens is 2. The molecule has 7 nitrogen and oxygen atoms in total. The molecule has 6 aromatic rings. The van der Waals surface area contributed by atoms with Crippen LogP contribution in [0, 0.1) is 0 Å². The number of nitrogens with zero attached hydrogens (tertiary/aromatic N) is 2. The highest BCUT2D eigenvalue weighted by Gasteiger charge is 2.32. The number of para-hydroxylation sites is 1. The molecule has 3 atom stereocenters. The number of aliphatic hydroxyl groups excluding tert-OH is 1. The van der Waals surface area contributed by atoms with E-state index in [1.807, 2.05) is 54.6 Å². The molecule has 1 aliphatic heterocycles. The van der Waals surface area contributed by atoms with Crippen molar-refractivity contribution >= 4 is 39.2 Å². The SMILES string of the molecule is O=C(NCc1cccc(-c2ccc([C@H]3O[C@@H](CSc4nc5ccccc5s4)C[C@@H](c4ccc(CO)cc4)O3)cc2)c1)c1cccnc1. The van der Waals surface area contributed by atoms with E-state index in [1.165, 1.54) is 4.70 Å². The van der Waals surface area contributed by atoms with Crippen LogP contribution in [0.25, 0.3) is 21.3 Å². The van der Waals surface area contributed by atoms with Gasteiger partial charge in [-0.05, 0) is 58.1 Å². The fourth-order valence-corrected chi connectivity index (χ4v) is 7.69. The lowest BCUT2D eigenvalue weighted by Gasteiger charge is -2.36. The smallest absolute Gasteiger partial charge is 0.253 e. The molecule has 0 saturated carbocycles. The van der Waals surface area contributed by atoms with Crippen molar-refractivity contribution in [3.8, 4) is 11.1 Å². The summed E-state index contributed by atoms with van der Waals surface area (Å²) in [7, 11) is 0. The molecule has 3 heterocycles. The number of amides is 1. The Bertz CT molecular complexity index is 1920. The first kappa shape index (κ1) is 31.2. The molecule has 2 N–H and O–H groups in total. The molecule has 236 valence electrons. The average Bonchev–Trinajstić information content (AvgIpc) is 3.57. The minimum Gasteiger partial charge on any atom is -0.392 e. The molecule has 1 aliphatic rings. The summed E-state index contributed by atoms with van der Waals surface area (Å²) in [4.78, 5) is 21.3. The van der Waals surface area contributed by atoms with E-state index < -0.39 is 6.29 Å². The number of thiazole rings is 1. The first-order valence-corrected chi connectivity index (χ1v) is 17.3. The standard InChI is InChI=1S/C38H33N3O4S2/c42-23-25-10-12-28(13-11-25)34-20-32(24-46-38-41-33-8-1-2-9-35(33)47-38)44-37(45-34)29-16-14-27(15-17-29)30-6-3-5-26(19-30)21-40-36(43)31-7-4-18-39-22-31/h1-19,22,32,34,37,42H,20-21,23-24H2,(H,40,43)/t32-,34+,37+/m1/s1. The van der Waals surface area contributed by atoms with Crippen molar-refractivity contribution in [2.45, 2.75) is 42.4 Å². The normalized spacial score (nSPS) is 17.9. The Balaban J connectivity index is 1.06. The lowest BCUT2D eigenvalue weighted by molar-refractivity contribution is -0.245. The van der Waals surface area contributed by atoms with E-state index in [9.17, 15) is 9.90 Å². The number of aliphatic hydroxyl groups is 1. The number of benzene rings is 4. The lowest BCUT2D eigenvalue weighted by atomic mass is 9.99. The van der Waals surface area contributed by atoms with Crippen molar-refractivity contribution in [2.24, 2.45) is 0 Å². The fraction of sp³-hybridized carbons (Fsp3) is 0.184. The summed E-state index contributed by atoms with van der Waals surface area (Å²) >= 11 is 3.43. The quantitative estimate of drug-likeness (QED) is 0.144. The number of hydrogen-bond acceptors (Lipinski definition) is 8. The van der Waals surface area contributed by atoms with Crippen LogP contribution in [-0.2, 0) is 22.6 Å². The van der Waals surface area contributed by atoms with Crippen LogP contribution in [-0.4, -0.2) is 32.8 Å². The maximum absolute atomic E-state index is 12.5. The van der Waals surface area contributed by atoms with E-state index in [0.29, 0.717) is 12.1 Å². The van der Waals surface area contributed by atoms with Gasteiger partial charge in [-0.2, -0.15) is 0 Å². The highest BCUT2D eigenvalue weighted by atomic mass is 32.2. The van der Waals surface area contributed by atoms with Crippen molar-refractivity contribution < 1.29 is 19.4 Å². The second-order valence-corrected chi connectivity index (χ2v) is 13.7. The Kier molecular flexibility index (Phi) is 9.69. The first-order chi connectivity index (χ1) is 23.1. The van der Waals surface area contributed by atoms with Crippen LogP contribution in [0.4, 0.5) is 0 Å². The summed E-state index contributed by atoms with van der Waals surface area (Å²) in [6.45, 7) is 0.425. The molecule has 2 aromatic heterocycles. The van der Waals surface area contributed by atoms with Crippen molar-refractivity contribution in [3.63, 3.8) is 0 Å². The second-order valence-electron chi connectivity index (χ2n) is 11.4. The number of ether oxygens (including phenoxy) is 2. The van der Waals surface area contributed by atoms with Crippen molar-refractivity contribution in [1.82, 2.24) is 15.3 Å². The molecule has 9 heteroatoms. The Morgan fingerprint density at radius 2 is 1.70 bits per heavy atom. The molecule has 1 amide bonds. The number of hydrogen-bond donors (Lipinski definition) is 2. The van der Waals surface area contributed by atoms with Crippen molar-refractivity contribution in [2.75, 3.05) is 5.75 Å². The van der Waals surface area contributed by atoms with Gasteiger partial charge in [0.25, 0.3) is 5.91 Å². The molecule has 0 spiro atoms. The molecule has 0 bridgehead atoms. The Morgan fingerprint density at radius 3 is 2.49 bits per heavy atom. The van der Waals surface area contributed by atoms with Gasteiger partial charge in [0.1, 0.15) is 0 Å². The van der Waals surface area contributed by atoms with E-state index >= 15 is 0 Å². The zero-order valence-corrected chi connectivity index (χ0v) is 27.1. The molecule has 0 radical (unpaired) electrons. The van der Waals surface area contributed by atoms with Gasteiger partial charge in [-0.3, -0.25) is 9.78 Å². The van der Waals surface area contributed by atoms with Crippen LogP contribution in [0.15, 0.2) is 126 Å². The summed E-state index contributed by atoms with van der Waals surface area (Å²) in [6.07, 6.45) is 3.19. The highest BCUT2D eigenvalue weighted by Crippen LogP contribution is 2.40. The predicted octanol–water partition coefficient (Wildman–Crippen LogP) is 8.12. The van der Waals surface area contributed by atoms with Crippen LogP contribution >= 0.6 is 23.1 Å². The fourth-order valence-electron chi connectivity index (χ4n) is 5.57. The van der Waals surface area contributed by atoms with E-state index in [0.717, 1.165) is 55.4 Å². The summed E-state index contributed by atoms with van der Waals surface area (Å²) in [5.41, 5.74) is 7.56. The zero-order valence-electron chi connectivity index (χ0n) is 25.5. The van der Waals surface area contributed by atoms with E-state index in [4.69, 9.17) is 14.5 Å². The van der Waals surface area contributed by atoms with Gasteiger partial charge in [-0.15, -0.1) is 11.3 Å². The first-order valence-electron chi connectivity index (χ1n) is 15.5. The number of nitrogens with one attached hydrogen (secondary N) is 1. The number of pyridine rings is 1. The number of carbonyl (C=O) groups is 1. The molecule has 7 rings (SSSR count). The minimum absolute atomic E-state index is 0.00820. The summed E-state index contributed by atoms with van der Waals surface area (Å²) < 4.78 is 15.4. The lowest BCUT2D eigenvalue weighted by Crippen LogP contribution is -2.31. The maximum Gasteiger partial charge on any atom is 0.253 e. The second kappa shape index (κ2) is 14.6. The number of carbonyl (C=O) groups excluding carboxylic acids is 1. The maximum atomic E-state index is 12.5. The Hall–Kier alpha value is -4.38. The van der Waals surface area contributed by atoms with Gasteiger partial charge in [0, 0.05) is 36.7 Å². The Labute approximate surface area is 281 Å². The van der Waals surface area contributed by atoms with Gasteiger partial charge >= 0.3 is 0 Å². The highest BCUT2D eigenvalue weighted by molar-refractivity contribution is 8.01. The average molecular weight is 660 g/mol. The third kappa shape index (κ3) is 7.62. The molecule has 0 aliphatic carbocycles. The third-order valence-electron chi connectivity index (χ3n) is 8.10. The molecule has 1 fully saturated rings. The van der Waals surface area contributed by atoms with E-state index in [1.54, 1.807) is 47.6 Å². The van der Waals surface area contributed by atoms with E-state index in [2.05, 4.69) is 52.8 Å². The summed E-state index contributed by atoms with van der Waals surface area (Å²) in [5.74, 6) is 0.604. The number of rotatable bonds is 10. The molecule has 4 aromatic carbocycles. The zero-order chi connectivity index (χ0) is 32.0. The van der Waals surface area contributed by atoms with Crippen molar-refractivity contribution in [3.05, 3.63) is 149 Å². The van der Waals surface area contributed by atoms with E-state index in [-0.39, 0.29) is 24.7 Å². The Morgan fingerprint density at radius 1 is 0.872 bits per heavy atom. The van der Waals surface area contributed by atoms with Gasteiger partial charge < -0.3 is 19.9 Å². The molecule has 1 saturated heterocycles. The third-order valence-corrected chi connectivity index (χ3v) is 10.4. The summed E-state index contributed by atoms with van der Waals surface area (Å²) in [5, 5.41) is 12.5. The van der Waals surface area contributed by atoms with Crippen LogP contribution in [0.1, 0.15) is 51.4 Å². The van der Waals surface area contributed by atoms with Crippen LogP contribution < -0.4 is 5.32 Å². The summed E-state index contributed by atoms with van der Waals surface area (Å²) in [6, 6.07) is 36.1. The van der Waals surface area contributed by atoms with Gasteiger partial charge in [0.2, 0.25) is 0 Å². The van der Waals surface area contributed by atoms with Gasteiger partial charge in [0.15, 0.2) is 10.6 Å². The predicted molar refractivity (Wildman–Crippen MR) is 186 cm³/mol.